The van der Waals surface area contributed by atoms with Crippen molar-refractivity contribution in [2.24, 2.45) is 13.0 Å². The number of anilines is 1. The molecule has 1 aromatic heterocycles. The largest absolute Gasteiger partial charge is 0.332 e. The summed E-state index contributed by atoms with van der Waals surface area (Å²) in [7, 11) is 3.43. The van der Waals surface area contributed by atoms with Crippen molar-refractivity contribution in [2.45, 2.75) is 45.2 Å². The van der Waals surface area contributed by atoms with E-state index in [0.29, 0.717) is 0 Å². The predicted octanol–water partition coefficient (Wildman–Crippen LogP) is 2.89. The van der Waals surface area contributed by atoms with Gasteiger partial charge in [-0.3, -0.25) is 14.3 Å². The minimum absolute atomic E-state index is 0.00752. The van der Waals surface area contributed by atoms with Crippen molar-refractivity contribution >= 4 is 17.5 Å². The quantitative estimate of drug-likeness (QED) is 0.814. The maximum atomic E-state index is 14.4. The lowest BCUT2D eigenvalue weighted by Crippen LogP contribution is -2.38. The summed E-state index contributed by atoms with van der Waals surface area (Å²) < 4.78 is 16.2. The maximum Gasteiger partial charge on any atom is 0.232 e. The molecule has 2 amide bonds. The van der Waals surface area contributed by atoms with Crippen LogP contribution in [0.4, 0.5) is 10.1 Å². The number of halogens is 1. The molecule has 0 unspecified atom stereocenters. The Bertz CT molecular complexity index is 950. The number of likely N-dealkylation sites (tertiary alicyclic amines) is 1. The first-order valence-electron chi connectivity index (χ1n) is 9.63. The molecule has 0 bridgehead atoms. The van der Waals surface area contributed by atoms with Gasteiger partial charge in [0.25, 0.3) is 0 Å². The van der Waals surface area contributed by atoms with E-state index >= 15 is 0 Å². The van der Waals surface area contributed by atoms with E-state index in [0.717, 1.165) is 29.7 Å². The van der Waals surface area contributed by atoms with Gasteiger partial charge in [0.05, 0.1) is 23.8 Å². The van der Waals surface area contributed by atoms with Crippen LogP contribution in [-0.4, -0.2) is 39.6 Å². The van der Waals surface area contributed by atoms with Gasteiger partial charge in [-0.25, -0.2) is 4.39 Å². The van der Waals surface area contributed by atoms with Crippen LogP contribution in [-0.2, 0) is 16.6 Å². The Labute approximate surface area is 163 Å². The molecule has 0 N–H and O–H groups in total. The summed E-state index contributed by atoms with van der Waals surface area (Å²) in [5.74, 6) is -1.24. The average Bonchev–Trinajstić information content (AvgIpc) is 3.36. The second-order valence-corrected chi connectivity index (χ2v) is 7.95. The van der Waals surface area contributed by atoms with Crippen LogP contribution in [0.3, 0.4) is 0 Å². The van der Waals surface area contributed by atoms with Crippen molar-refractivity contribution < 1.29 is 14.0 Å². The molecular formula is C21H25FN4O2. The highest BCUT2D eigenvalue weighted by Gasteiger charge is 2.51. The van der Waals surface area contributed by atoms with E-state index in [1.165, 1.54) is 11.0 Å². The molecule has 2 aromatic rings. The summed E-state index contributed by atoms with van der Waals surface area (Å²) >= 11 is 0. The Kier molecular flexibility index (Phi) is 4.48. The molecule has 28 heavy (non-hydrogen) atoms. The zero-order chi connectivity index (χ0) is 20.2. The van der Waals surface area contributed by atoms with Crippen LogP contribution in [0.5, 0.6) is 0 Å². The van der Waals surface area contributed by atoms with Gasteiger partial charge >= 0.3 is 0 Å². The van der Waals surface area contributed by atoms with Gasteiger partial charge in [0.2, 0.25) is 11.8 Å². The topological polar surface area (TPSA) is 58.4 Å². The molecule has 1 aliphatic carbocycles. The number of benzene rings is 1. The number of amides is 2. The molecule has 2 aliphatic rings. The summed E-state index contributed by atoms with van der Waals surface area (Å²) in [5.41, 5.74) is 2.86. The molecular weight excluding hydrogens is 359 g/mol. The highest BCUT2D eigenvalue weighted by molar-refractivity contribution is 5.99. The lowest BCUT2D eigenvalue weighted by Gasteiger charge is -2.30. The predicted molar refractivity (Wildman–Crippen MR) is 103 cm³/mol. The Morgan fingerprint density at radius 3 is 2.57 bits per heavy atom. The van der Waals surface area contributed by atoms with Gasteiger partial charge in [0.1, 0.15) is 5.82 Å². The van der Waals surface area contributed by atoms with Gasteiger partial charge in [-0.2, -0.15) is 5.10 Å². The molecule has 1 aromatic carbocycles. The van der Waals surface area contributed by atoms with Crippen LogP contribution in [0.2, 0.25) is 0 Å². The monoisotopic (exact) mass is 384 g/mol. The molecule has 148 valence electrons. The third-order valence-corrected chi connectivity index (χ3v) is 6.01. The van der Waals surface area contributed by atoms with E-state index in [4.69, 9.17) is 0 Å². The Morgan fingerprint density at radius 1 is 1.29 bits per heavy atom. The van der Waals surface area contributed by atoms with Gasteiger partial charge < -0.3 is 9.80 Å². The van der Waals surface area contributed by atoms with E-state index in [2.05, 4.69) is 5.10 Å². The number of hydrogen-bond acceptors (Lipinski definition) is 3. The molecule has 2 atom stereocenters. The molecule has 0 spiro atoms. The number of carbonyl (C=O) groups is 2. The fourth-order valence-electron chi connectivity index (χ4n) is 4.18. The van der Waals surface area contributed by atoms with Crippen LogP contribution in [0.1, 0.15) is 42.1 Å². The maximum absolute atomic E-state index is 14.4. The van der Waals surface area contributed by atoms with E-state index in [-0.39, 0.29) is 36.0 Å². The molecule has 6 nitrogen and oxygen atoms in total. The lowest BCUT2D eigenvalue weighted by molar-refractivity contribution is -0.129. The van der Waals surface area contributed by atoms with E-state index in [1.54, 1.807) is 37.0 Å². The SMILES string of the molecule is Cc1ccc(N(C)C(=O)[C@@H]2CC(=O)N(C3CC3)[C@H]2c2cnn(C)c2C)c(F)c1. The molecule has 1 saturated carbocycles. The van der Waals surface area contributed by atoms with E-state index in [9.17, 15) is 14.0 Å². The molecule has 7 heteroatoms. The summed E-state index contributed by atoms with van der Waals surface area (Å²) in [6.45, 7) is 3.75. The average molecular weight is 384 g/mol. The van der Waals surface area contributed by atoms with Crippen molar-refractivity contribution in [3.63, 3.8) is 0 Å². The number of aromatic nitrogens is 2. The summed E-state index contributed by atoms with van der Waals surface area (Å²) in [4.78, 5) is 29.4. The first kappa shape index (κ1) is 18.7. The second kappa shape index (κ2) is 6.72. The Hall–Kier alpha value is -2.70. The second-order valence-electron chi connectivity index (χ2n) is 7.95. The highest BCUT2D eigenvalue weighted by Crippen LogP contribution is 2.46. The highest BCUT2D eigenvalue weighted by atomic mass is 19.1. The molecule has 4 rings (SSSR count). The summed E-state index contributed by atoms with van der Waals surface area (Å²) in [5, 5.41) is 4.31. The number of nitrogens with zero attached hydrogens (tertiary/aromatic N) is 4. The smallest absolute Gasteiger partial charge is 0.232 e. The molecule has 2 heterocycles. The van der Waals surface area contributed by atoms with Crippen LogP contribution in [0.15, 0.2) is 24.4 Å². The number of rotatable bonds is 4. The lowest BCUT2D eigenvalue weighted by atomic mass is 9.92. The molecule has 2 fully saturated rings. The van der Waals surface area contributed by atoms with Crippen molar-refractivity contribution in [3.8, 4) is 0 Å². The number of aryl methyl sites for hydroxylation is 2. The normalized spacial score (nSPS) is 22.0. The first-order valence-corrected chi connectivity index (χ1v) is 9.63. The van der Waals surface area contributed by atoms with Crippen LogP contribution in [0, 0.1) is 25.6 Å². The summed E-state index contributed by atoms with van der Waals surface area (Å²) in [6, 6.07) is 4.65. The Balaban J connectivity index is 1.70. The minimum atomic E-state index is -0.554. The zero-order valence-corrected chi connectivity index (χ0v) is 16.6. The fourth-order valence-corrected chi connectivity index (χ4v) is 4.18. The molecule has 1 aliphatic heterocycles. The van der Waals surface area contributed by atoms with Crippen LogP contribution >= 0.6 is 0 Å². The van der Waals surface area contributed by atoms with Crippen molar-refractivity contribution in [1.82, 2.24) is 14.7 Å². The third kappa shape index (κ3) is 2.99. The standard InChI is InChI=1S/C21H25FN4O2/c1-12-5-8-18(17(22)9-12)24(3)21(28)15-10-19(27)26(14-6-7-14)20(15)16-11-23-25(4)13(16)2/h5,8-9,11,14-15,20H,6-7,10H2,1-4H3/t15-,20-/m1/s1. The minimum Gasteiger partial charge on any atom is -0.332 e. The van der Waals surface area contributed by atoms with Crippen LogP contribution in [0.25, 0.3) is 0 Å². The van der Waals surface area contributed by atoms with Crippen molar-refractivity contribution in [3.05, 3.63) is 47.0 Å². The number of hydrogen-bond donors (Lipinski definition) is 0. The zero-order valence-electron chi connectivity index (χ0n) is 16.6. The van der Waals surface area contributed by atoms with E-state index < -0.39 is 11.7 Å². The fraction of sp³-hybridized carbons (Fsp3) is 0.476. The van der Waals surface area contributed by atoms with Crippen LogP contribution < -0.4 is 4.90 Å². The molecule has 1 saturated heterocycles. The van der Waals surface area contributed by atoms with Gasteiger partial charge in [-0.15, -0.1) is 0 Å². The third-order valence-electron chi connectivity index (χ3n) is 6.01. The van der Waals surface area contributed by atoms with Crippen molar-refractivity contribution in [2.75, 3.05) is 11.9 Å². The molecule has 0 radical (unpaired) electrons. The van der Waals surface area contributed by atoms with E-state index in [1.807, 2.05) is 18.9 Å². The number of carbonyl (C=O) groups excluding carboxylic acids is 2. The first-order chi connectivity index (χ1) is 13.3. The van der Waals surface area contributed by atoms with Gasteiger partial charge in [0.15, 0.2) is 0 Å². The van der Waals surface area contributed by atoms with Crippen molar-refractivity contribution in [1.29, 1.82) is 0 Å². The van der Waals surface area contributed by atoms with Gasteiger partial charge in [0, 0.05) is 37.8 Å². The summed E-state index contributed by atoms with van der Waals surface area (Å²) in [6.07, 6.45) is 3.82. The van der Waals surface area contributed by atoms with Gasteiger partial charge in [-0.1, -0.05) is 6.07 Å². The Morgan fingerprint density at radius 2 is 2.00 bits per heavy atom. The van der Waals surface area contributed by atoms with Gasteiger partial charge in [-0.05, 0) is 44.4 Å².